The van der Waals surface area contributed by atoms with Crippen molar-refractivity contribution < 1.29 is 9.21 Å². The fourth-order valence-corrected chi connectivity index (χ4v) is 3.70. The van der Waals surface area contributed by atoms with E-state index in [0.717, 1.165) is 15.8 Å². The van der Waals surface area contributed by atoms with Gasteiger partial charge in [0.15, 0.2) is 5.13 Å². The second-order valence-electron chi connectivity index (χ2n) is 3.70. The number of furan rings is 1. The van der Waals surface area contributed by atoms with E-state index in [4.69, 9.17) is 4.42 Å². The molecule has 3 rings (SSSR count). The molecule has 1 amide bonds. The topological polar surface area (TPSA) is 46.3 Å². The van der Waals surface area contributed by atoms with Crippen LogP contribution in [0.5, 0.6) is 0 Å². The second kappa shape index (κ2) is 4.19. The molecular weight excluding hydrogens is 256 g/mol. The van der Waals surface area contributed by atoms with E-state index in [0.29, 0.717) is 5.75 Å². The Kier molecular flexibility index (Phi) is 2.68. The summed E-state index contributed by atoms with van der Waals surface area (Å²) in [7, 11) is 0. The summed E-state index contributed by atoms with van der Waals surface area (Å²) in [6.07, 6.45) is 3.42. The summed E-state index contributed by atoms with van der Waals surface area (Å²) in [6.45, 7) is 1.98. The van der Waals surface area contributed by atoms with Crippen LogP contribution in [0.1, 0.15) is 16.0 Å². The number of hydrogen-bond acceptors (Lipinski definition) is 5. The van der Waals surface area contributed by atoms with E-state index in [1.807, 2.05) is 19.1 Å². The highest BCUT2D eigenvalue weighted by Crippen LogP contribution is 2.42. The van der Waals surface area contributed by atoms with E-state index in [1.165, 1.54) is 11.3 Å². The molecule has 1 aliphatic rings. The lowest BCUT2D eigenvalue weighted by atomic mass is 10.4. The summed E-state index contributed by atoms with van der Waals surface area (Å²) in [5.41, 5.74) is 0. The van der Waals surface area contributed by atoms with Crippen LogP contribution in [-0.2, 0) is 4.79 Å². The number of carbonyl (C=O) groups is 1. The SMILES string of the molecule is Cc1cnc(N2C(=O)CS[C@H]2c2ccco2)s1. The smallest absolute Gasteiger partial charge is 0.240 e. The Morgan fingerprint density at radius 1 is 1.59 bits per heavy atom. The van der Waals surface area contributed by atoms with Crippen LogP contribution in [-0.4, -0.2) is 16.6 Å². The summed E-state index contributed by atoms with van der Waals surface area (Å²) in [6, 6.07) is 3.73. The Morgan fingerprint density at radius 2 is 2.47 bits per heavy atom. The van der Waals surface area contributed by atoms with Gasteiger partial charge in [-0.3, -0.25) is 9.69 Å². The number of hydrogen-bond donors (Lipinski definition) is 0. The number of rotatable bonds is 2. The average molecular weight is 266 g/mol. The maximum absolute atomic E-state index is 11.9. The number of carbonyl (C=O) groups excluding carboxylic acids is 1. The minimum atomic E-state index is -0.0805. The molecule has 0 aromatic carbocycles. The van der Waals surface area contributed by atoms with Crippen LogP contribution in [0.4, 0.5) is 5.13 Å². The van der Waals surface area contributed by atoms with Gasteiger partial charge in [-0.1, -0.05) is 0 Å². The molecule has 1 atom stereocenters. The van der Waals surface area contributed by atoms with Crippen LogP contribution in [0.15, 0.2) is 29.0 Å². The van der Waals surface area contributed by atoms with Gasteiger partial charge in [-0.25, -0.2) is 4.98 Å². The molecule has 88 valence electrons. The molecule has 2 aromatic rings. The minimum Gasteiger partial charge on any atom is -0.466 e. The summed E-state index contributed by atoms with van der Waals surface area (Å²) in [5, 5.41) is 0.668. The summed E-state index contributed by atoms with van der Waals surface area (Å²) in [5.74, 6) is 1.36. The molecule has 0 radical (unpaired) electrons. The van der Waals surface area contributed by atoms with Gasteiger partial charge >= 0.3 is 0 Å². The summed E-state index contributed by atoms with van der Waals surface area (Å²) >= 11 is 3.10. The van der Waals surface area contributed by atoms with E-state index in [9.17, 15) is 4.79 Å². The molecule has 0 bridgehead atoms. The van der Waals surface area contributed by atoms with Crippen molar-refractivity contribution >= 4 is 34.1 Å². The first-order valence-electron chi connectivity index (χ1n) is 5.15. The van der Waals surface area contributed by atoms with Gasteiger partial charge in [-0.2, -0.15) is 0 Å². The Bertz CT molecular complexity index is 535. The zero-order valence-electron chi connectivity index (χ0n) is 9.12. The maximum atomic E-state index is 11.9. The van der Waals surface area contributed by atoms with Crippen LogP contribution in [0, 0.1) is 6.92 Å². The van der Waals surface area contributed by atoms with Gasteiger partial charge in [0.2, 0.25) is 5.91 Å². The normalized spacial score (nSPS) is 20.2. The third-order valence-electron chi connectivity index (χ3n) is 2.47. The predicted octanol–water partition coefficient (Wildman–Crippen LogP) is 2.82. The third kappa shape index (κ3) is 1.87. The molecule has 3 heterocycles. The van der Waals surface area contributed by atoms with E-state index in [2.05, 4.69) is 4.98 Å². The molecule has 0 saturated carbocycles. The molecule has 1 aliphatic heterocycles. The van der Waals surface area contributed by atoms with E-state index in [1.54, 1.807) is 29.1 Å². The molecule has 6 heteroatoms. The molecular formula is C11H10N2O2S2. The highest BCUT2D eigenvalue weighted by atomic mass is 32.2. The van der Waals surface area contributed by atoms with Gasteiger partial charge in [0.25, 0.3) is 0 Å². The van der Waals surface area contributed by atoms with Gasteiger partial charge in [0.1, 0.15) is 11.1 Å². The molecule has 0 N–H and O–H groups in total. The summed E-state index contributed by atoms with van der Waals surface area (Å²) < 4.78 is 5.39. The van der Waals surface area contributed by atoms with Crippen molar-refractivity contribution in [1.29, 1.82) is 0 Å². The minimum absolute atomic E-state index is 0.0805. The Balaban J connectivity index is 1.97. The van der Waals surface area contributed by atoms with Gasteiger partial charge in [0.05, 0.1) is 12.0 Å². The molecule has 4 nitrogen and oxygen atoms in total. The number of aromatic nitrogens is 1. The number of nitrogens with zero attached hydrogens (tertiary/aromatic N) is 2. The highest BCUT2D eigenvalue weighted by Gasteiger charge is 2.37. The molecule has 0 unspecified atom stereocenters. The van der Waals surface area contributed by atoms with Crippen LogP contribution in [0.3, 0.4) is 0 Å². The molecule has 17 heavy (non-hydrogen) atoms. The quantitative estimate of drug-likeness (QED) is 0.838. The Hall–Kier alpha value is -1.27. The van der Waals surface area contributed by atoms with Crippen LogP contribution < -0.4 is 4.90 Å². The highest BCUT2D eigenvalue weighted by molar-refractivity contribution is 8.00. The Labute approximate surface area is 107 Å². The van der Waals surface area contributed by atoms with Crippen molar-refractivity contribution in [2.75, 3.05) is 10.7 Å². The maximum Gasteiger partial charge on any atom is 0.240 e. The van der Waals surface area contributed by atoms with Gasteiger partial charge in [0, 0.05) is 11.1 Å². The molecule has 2 aromatic heterocycles. The lowest BCUT2D eigenvalue weighted by molar-refractivity contribution is -0.115. The fraction of sp³-hybridized carbons (Fsp3) is 0.273. The van der Waals surface area contributed by atoms with Gasteiger partial charge < -0.3 is 4.42 Å². The van der Waals surface area contributed by atoms with E-state index in [-0.39, 0.29) is 11.3 Å². The summed E-state index contributed by atoms with van der Waals surface area (Å²) in [4.78, 5) is 19.0. The average Bonchev–Trinajstić information content (AvgIpc) is 2.97. The van der Waals surface area contributed by atoms with Crippen molar-refractivity contribution in [2.45, 2.75) is 12.3 Å². The molecule has 0 spiro atoms. The number of anilines is 1. The zero-order chi connectivity index (χ0) is 11.8. The number of thiazole rings is 1. The predicted molar refractivity (Wildman–Crippen MR) is 68.2 cm³/mol. The van der Waals surface area contributed by atoms with Crippen molar-refractivity contribution in [3.05, 3.63) is 35.2 Å². The standard InChI is InChI=1S/C11H10N2O2S2/c1-7-5-12-11(17-7)13-9(14)6-16-10(13)8-3-2-4-15-8/h2-5,10H,6H2,1H3/t10-/m0/s1. The molecule has 0 aliphatic carbocycles. The molecule has 1 fully saturated rings. The second-order valence-corrected chi connectivity index (χ2v) is 5.98. The van der Waals surface area contributed by atoms with Crippen LogP contribution >= 0.6 is 23.1 Å². The first-order chi connectivity index (χ1) is 8.25. The Morgan fingerprint density at radius 3 is 3.12 bits per heavy atom. The van der Waals surface area contributed by atoms with Crippen molar-refractivity contribution in [3.8, 4) is 0 Å². The van der Waals surface area contributed by atoms with Gasteiger partial charge in [-0.05, 0) is 19.1 Å². The van der Waals surface area contributed by atoms with Gasteiger partial charge in [-0.15, -0.1) is 23.1 Å². The number of amides is 1. The number of thioether (sulfide) groups is 1. The fourth-order valence-electron chi connectivity index (χ4n) is 1.73. The third-order valence-corrected chi connectivity index (χ3v) is 4.55. The lowest BCUT2D eigenvalue weighted by Gasteiger charge is -2.18. The first-order valence-corrected chi connectivity index (χ1v) is 7.02. The lowest BCUT2D eigenvalue weighted by Crippen LogP contribution is -2.27. The van der Waals surface area contributed by atoms with Crippen molar-refractivity contribution in [3.63, 3.8) is 0 Å². The van der Waals surface area contributed by atoms with Crippen LogP contribution in [0.2, 0.25) is 0 Å². The van der Waals surface area contributed by atoms with Crippen molar-refractivity contribution in [1.82, 2.24) is 4.98 Å². The molecule has 1 saturated heterocycles. The van der Waals surface area contributed by atoms with E-state index >= 15 is 0 Å². The van der Waals surface area contributed by atoms with E-state index < -0.39 is 0 Å². The van der Waals surface area contributed by atoms with Crippen molar-refractivity contribution in [2.24, 2.45) is 0 Å². The largest absolute Gasteiger partial charge is 0.466 e. The monoisotopic (exact) mass is 266 g/mol. The number of aryl methyl sites for hydroxylation is 1. The first kappa shape index (κ1) is 10.9. The van der Waals surface area contributed by atoms with Crippen LogP contribution in [0.25, 0.3) is 0 Å². The zero-order valence-corrected chi connectivity index (χ0v) is 10.8.